The van der Waals surface area contributed by atoms with E-state index in [0.29, 0.717) is 31.4 Å². The van der Waals surface area contributed by atoms with Gasteiger partial charge in [0, 0.05) is 41.0 Å². The van der Waals surface area contributed by atoms with Crippen LogP contribution in [0.1, 0.15) is 43.6 Å². The van der Waals surface area contributed by atoms with Crippen molar-refractivity contribution in [2.24, 2.45) is 0 Å². The fourth-order valence-corrected chi connectivity index (χ4v) is 4.30. The first kappa shape index (κ1) is 23.4. The third kappa shape index (κ3) is 5.83. The van der Waals surface area contributed by atoms with Gasteiger partial charge in [-0.25, -0.2) is 9.97 Å². The molecule has 0 atom stereocenters. The average molecular weight is 453 g/mol. The van der Waals surface area contributed by atoms with Crippen molar-refractivity contribution in [3.05, 3.63) is 21.1 Å². The topological polar surface area (TPSA) is 125 Å². The van der Waals surface area contributed by atoms with Gasteiger partial charge >= 0.3 is 0 Å². The van der Waals surface area contributed by atoms with E-state index in [-0.39, 0.29) is 36.5 Å². The molecule has 0 aliphatic rings. The summed E-state index contributed by atoms with van der Waals surface area (Å²) in [6, 6.07) is 0. The number of nitrogens with zero attached hydrogens (tertiary/aromatic N) is 4. The molecular formula is C18H24N6O4S2. The van der Waals surface area contributed by atoms with Gasteiger partial charge in [-0.2, -0.15) is 0 Å². The second-order valence-corrected chi connectivity index (χ2v) is 8.86. The number of rotatable bonds is 7. The lowest BCUT2D eigenvalue weighted by Crippen LogP contribution is -2.21. The average Bonchev–Trinajstić information content (AvgIpc) is 3.20. The van der Waals surface area contributed by atoms with Crippen molar-refractivity contribution >= 4 is 56.6 Å². The quantitative estimate of drug-likeness (QED) is 0.662. The Bertz CT molecular complexity index is 901. The molecule has 2 aromatic rings. The first-order chi connectivity index (χ1) is 14.0. The van der Waals surface area contributed by atoms with Gasteiger partial charge in [-0.1, -0.05) is 22.7 Å². The minimum atomic E-state index is -0.387. The molecule has 162 valence electrons. The van der Waals surface area contributed by atoms with E-state index in [1.807, 2.05) is 0 Å². The molecule has 0 unspecified atom stereocenters. The highest BCUT2D eigenvalue weighted by molar-refractivity contribution is 7.18. The van der Waals surface area contributed by atoms with Crippen LogP contribution in [0.2, 0.25) is 0 Å². The third-order valence-electron chi connectivity index (χ3n) is 3.87. The van der Waals surface area contributed by atoms with Crippen molar-refractivity contribution < 1.29 is 19.2 Å². The van der Waals surface area contributed by atoms with Crippen molar-refractivity contribution in [3.8, 4) is 0 Å². The van der Waals surface area contributed by atoms with Crippen LogP contribution in [-0.2, 0) is 9.59 Å². The van der Waals surface area contributed by atoms with Gasteiger partial charge in [-0.05, 0) is 13.8 Å². The molecule has 0 fully saturated rings. The number of thiazole rings is 2. The summed E-state index contributed by atoms with van der Waals surface area (Å²) in [5, 5.41) is 5.84. The summed E-state index contributed by atoms with van der Waals surface area (Å²) in [6.07, 6.45) is -0.121. The minimum absolute atomic E-state index is 0.0603. The maximum atomic E-state index is 12.1. The molecular weight excluding hydrogens is 428 g/mol. The van der Waals surface area contributed by atoms with Gasteiger partial charge in [-0.3, -0.25) is 19.2 Å². The van der Waals surface area contributed by atoms with Crippen molar-refractivity contribution in [2.45, 2.75) is 26.7 Å². The largest absolute Gasteiger partial charge is 0.344 e. The van der Waals surface area contributed by atoms with Crippen LogP contribution < -0.4 is 10.6 Å². The van der Waals surface area contributed by atoms with Crippen LogP contribution in [0.25, 0.3) is 0 Å². The summed E-state index contributed by atoms with van der Waals surface area (Å²) in [5.41, 5.74) is 1.07. The van der Waals surface area contributed by atoms with Crippen molar-refractivity contribution in [1.82, 2.24) is 19.8 Å². The highest BCUT2D eigenvalue weighted by Crippen LogP contribution is 2.25. The third-order valence-corrected chi connectivity index (χ3v) is 5.99. The second-order valence-electron chi connectivity index (χ2n) is 6.86. The Morgan fingerprint density at radius 1 is 0.733 bits per heavy atom. The van der Waals surface area contributed by atoms with E-state index in [1.165, 1.54) is 9.80 Å². The smallest absolute Gasteiger partial charge is 0.265 e. The SMILES string of the molecule is Cc1nc(NC(=O)CCC(=O)Nc2nc(C)c(C(=O)N(C)C)s2)sc1C(=O)N(C)C. The van der Waals surface area contributed by atoms with E-state index >= 15 is 0 Å². The van der Waals surface area contributed by atoms with Gasteiger partial charge in [0.2, 0.25) is 11.8 Å². The minimum Gasteiger partial charge on any atom is -0.344 e. The number of aromatic nitrogens is 2. The van der Waals surface area contributed by atoms with Gasteiger partial charge in [0.05, 0.1) is 11.4 Å². The van der Waals surface area contributed by atoms with Crippen LogP contribution in [-0.4, -0.2) is 71.6 Å². The van der Waals surface area contributed by atoms with Crippen LogP contribution >= 0.6 is 22.7 Å². The maximum absolute atomic E-state index is 12.1. The summed E-state index contributed by atoms with van der Waals surface area (Å²) in [5.74, 6) is -1.14. The molecule has 0 saturated carbocycles. The van der Waals surface area contributed by atoms with Gasteiger partial charge in [0.15, 0.2) is 10.3 Å². The Kier molecular flexibility index (Phi) is 7.62. The molecule has 2 heterocycles. The fraction of sp³-hybridized carbons (Fsp3) is 0.444. The van der Waals surface area contributed by atoms with Crippen LogP contribution in [0.3, 0.4) is 0 Å². The molecule has 2 aromatic heterocycles. The number of hydrogen-bond acceptors (Lipinski definition) is 8. The summed E-state index contributed by atoms with van der Waals surface area (Å²) in [7, 11) is 6.56. The Morgan fingerprint density at radius 3 is 1.37 bits per heavy atom. The van der Waals surface area contributed by atoms with E-state index in [0.717, 1.165) is 22.7 Å². The van der Waals surface area contributed by atoms with Crippen LogP contribution in [0.15, 0.2) is 0 Å². The lowest BCUT2D eigenvalue weighted by atomic mass is 10.3. The molecule has 2 rings (SSSR count). The normalized spacial score (nSPS) is 10.5. The number of amides is 4. The maximum Gasteiger partial charge on any atom is 0.265 e. The monoisotopic (exact) mass is 452 g/mol. The number of carbonyl (C=O) groups excluding carboxylic acids is 4. The lowest BCUT2D eigenvalue weighted by Gasteiger charge is -2.07. The van der Waals surface area contributed by atoms with Gasteiger partial charge < -0.3 is 20.4 Å². The number of carbonyl (C=O) groups is 4. The zero-order chi connectivity index (χ0) is 22.6. The van der Waals surface area contributed by atoms with Crippen LogP contribution in [0, 0.1) is 13.8 Å². The molecule has 0 aliphatic carbocycles. The molecule has 10 nitrogen and oxygen atoms in total. The van der Waals surface area contributed by atoms with Crippen molar-refractivity contribution in [1.29, 1.82) is 0 Å². The second kappa shape index (κ2) is 9.76. The molecule has 2 N–H and O–H groups in total. The zero-order valence-corrected chi connectivity index (χ0v) is 19.3. The highest BCUT2D eigenvalue weighted by Gasteiger charge is 2.20. The Morgan fingerprint density at radius 2 is 1.07 bits per heavy atom. The molecule has 0 spiro atoms. The van der Waals surface area contributed by atoms with Crippen molar-refractivity contribution in [2.75, 3.05) is 38.8 Å². The highest BCUT2D eigenvalue weighted by atomic mass is 32.1. The predicted molar refractivity (Wildman–Crippen MR) is 116 cm³/mol. The molecule has 12 heteroatoms. The molecule has 30 heavy (non-hydrogen) atoms. The zero-order valence-electron chi connectivity index (χ0n) is 17.7. The molecule has 0 aromatic carbocycles. The van der Waals surface area contributed by atoms with Gasteiger partial charge in [-0.15, -0.1) is 0 Å². The summed E-state index contributed by atoms with van der Waals surface area (Å²) in [6.45, 7) is 3.39. The Balaban J connectivity index is 1.89. The van der Waals surface area contributed by atoms with Gasteiger partial charge in [0.1, 0.15) is 9.75 Å². The number of nitrogens with one attached hydrogen (secondary N) is 2. The molecule has 0 radical (unpaired) electrons. The molecule has 0 saturated heterocycles. The molecule has 4 amide bonds. The number of hydrogen-bond donors (Lipinski definition) is 2. The molecule has 0 aliphatic heterocycles. The van der Waals surface area contributed by atoms with Gasteiger partial charge in [0.25, 0.3) is 11.8 Å². The fourth-order valence-electron chi connectivity index (χ4n) is 2.29. The standard InChI is InChI=1S/C18H24N6O4S2/c1-9-13(15(27)23(3)4)29-17(19-9)21-11(25)7-8-12(26)22-18-20-10(2)14(30-18)16(28)24(5)6/h7-8H2,1-6H3,(H,19,21,25)(H,20,22,26). The number of aryl methyl sites for hydroxylation is 2. The lowest BCUT2D eigenvalue weighted by molar-refractivity contribution is -0.121. The summed E-state index contributed by atoms with van der Waals surface area (Å²) < 4.78 is 0. The van der Waals surface area contributed by atoms with Crippen LogP contribution in [0.5, 0.6) is 0 Å². The van der Waals surface area contributed by atoms with Crippen molar-refractivity contribution in [3.63, 3.8) is 0 Å². The predicted octanol–water partition coefficient (Wildman–Crippen LogP) is 1.98. The Hall–Kier alpha value is -2.86. The Labute approximate surface area is 182 Å². The van der Waals surface area contributed by atoms with E-state index < -0.39 is 0 Å². The first-order valence-electron chi connectivity index (χ1n) is 8.97. The van der Waals surface area contributed by atoms with Crippen LogP contribution in [0.4, 0.5) is 10.3 Å². The van der Waals surface area contributed by atoms with E-state index in [1.54, 1.807) is 42.0 Å². The van der Waals surface area contributed by atoms with E-state index in [4.69, 9.17) is 0 Å². The van der Waals surface area contributed by atoms with E-state index in [2.05, 4.69) is 20.6 Å². The first-order valence-corrected chi connectivity index (χ1v) is 10.6. The summed E-state index contributed by atoms with van der Waals surface area (Å²) in [4.78, 5) is 60.5. The summed E-state index contributed by atoms with van der Waals surface area (Å²) >= 11 is 2.18. The number of anilines is 2. The molecule has 0 bridgehead atoms. The van der Waals surface area contributed by atoms with E-state index in [9.17, 15) is 19.2 Å².